The SMILES string of the molecule is CCCCc1nc(O)c(-c2nnc(Cc3noc4ccccc34)o2)c(=O)n1C(CC)c1ccccc1. The van der Waals surface area contributed by atoms with Gasteiger partial charge in [0.15, 0.2) is 11.1 Å². The smallest absolute Gasteiger partial charge is 0.270 e. The Morgan fingerprint density at radius 1 is 1.03 bits per heavy atom. The molecule has 0 aliphatic carbocycles. The van der Waals surface area contributed by atoms with Crippen LogP contribution in [0.25, 0.3) is 22.4 Å². The number of aromatic hydroxyl groups is 1. The normalized spacial score (nSPS) is 12.3. The molecule has 5 aromatic rings. The van der Waals surface area contributed by atoms with Crippen molar-refractivity contribution in [2.75, 3.05) is 0 Å². The maximum Gasteiger partial charge on any atom is 0.270 e. The van der Waals surface area contributed by atoms with Crippen LogP contribution in [0.1, 0.15) is 62.1 Å². The van der Waals surface area contributed by atoms with Crippen molar-refractivity contribution in [1.29, 1.82) is 0 Å². The number of aryl methyl sites for hydroxylation is 1. The second kappa shape index (κ2) is 10.2. The third-order valence-corrected chi connectivity index (χ3v) is 6.26. The molecular formula is C27H27N5O4. The van der Waals surface area contributed by atoms with Gasteiger partial charge in [-0.05, 0) is 30.5 Å². The molecule has 0 saturated heterocycles. The Hall–Kier alpha value is -4.27. The van der Waals surface area contributed by atoms with Crippen molar-refractivity contribution in [3.63, 3.8) is 0 Å². The van der Waals surface area contributed by atoms with Gasteiger partial charge >= 0.3 is 0 Å². The first-order chi connectivity index (χ1) is 17.6. The molecule has 184 valence electrons. The summed E-state index contributed by atoms with van der Waals surface area (Å²) in [6.45, 7) is 4.09. The molecule has 0 fully saturated rings. The van der Waals surface area contributed by atoms with Gasteiger partial charge in [0.25, 0.3) is 11.4 Å². The van der Waals surface area contributed by atoms with Crippen LogP contribution < -0.4 is 5.56 Å². The summed E-state index contributed by atoms with van der Waals surface area (Å²) >= 11 is 0. The third kappa shape index (κ3) is 4.39. The van der Waals surface area contributed by atoms with Gasteiger partial charge in [-0.1, -0.05) is 67.9 Å². The monoisotopic (exact) mass is 485 g/mol. The number of unbranched alkanes of at least 4 members (excludes halogenated alkanes) is 1. The van der Waals surface area contributed by atoms with Crippen molar-refractivity contribution >= 4 is 11.0 Å². The van der Waals surface area contributed by atoms with Gasteiger partial charge in [-0.2, -0.15) is 4.98 Å². The second-order valence-corrected chi connectivity index (χ2v) is 8.64. The molecule has 0 amide bonds. The van der Waals surface area contributed by atoms with E-state index in [1.54, 1.807) is 4.57 Å². The Bertz CT molecular complexity index is 1540. The fraction of sp³-hybridized carbons (Fsp3) is 0.296. The molecule has 0 radical (unpaired) electrons. The Morgan fingerprint density at radius 3 is 2.58 bits per heavy atom. The largest absolute Gasteiger partial charge is 0.493 e. The minimum absolute atomic E-state index is 0.0773. The van der Waals surface area contributed by atoms with Crippen LogP contribution in [0, 0.1) is 0 Å². The van der Waals surface area contributed by atoms with Crippen LogP contribution in [0.15, 0.2) is 68.3 Å². The molecule has 3 aromatic heterocycles. The van der Waals surface area contributed by atoms with Crippen molar-refractivity contribution in [3.8, 4) is 17.3 Å². The number of aromatic nitrogens is 5. The van der Waals surface area contributed by atoms with Crippen LogP contribution in [0.4, 0.5) is 0 Å². The molecule has 9 nitrogen and oxygen atoms in total. The summed E-state index contributed by atoms with van der Waals surface area (Å²) in [6.07, 6.45) is 3.24. The predicted octanol–water partition coefficient (Wildman–Crippen LogP) is 5.07. The van der Waals surface area contributed by atoms with Crippen molar-refractivity contribution in [3.05, 3.63) is 87.9 Å². The zero-order valence-electron chi connectivity index (χ0n) is 20.2. The molecule has 5 rings (SSSR count). The molecule has 3 heterocycles. The molecule has 0 spiro atoms. The number of hydrogen-bond donors (Lipinski definition) is 1. The maximum absolute atomic E-state index is 13.9. The molecule has 0 saturated carbocycles. The van der Waals surface area contributed by atoms with Gasteiger partial charge in [0, 0.05) is 11.8 Å². The molecule has 0 bridgehead atoms. The minimum Gasteiger partial charge on any atom is -0.493 e. The van der Waals surface area contributed by atoms with Crippen molar-refractivity contribution in [2.45, 2.75) is 52.0 Å². The fourth-order valence-electron chi connectivity index (χ4n) is 4.46. The Kier molecular flexibility index (Phi) is 6.62. The first-order valence-electron chi connectivity index (χ1n) is 12.2. The lowest BCUT2D eigenvalue weighted by Gasteiger charge is -2.23. The second-order valence-electron chi connectivity index (χ2n) is 8.64. The van der Waals surface area contributed by atoms with Gasteiger partial charge in [-0.3, -0.25) is 9.36 Å². The van der Waals surface area contributed by atoms with E-state index in [1.807, 2.05) is 61.5 Å². The summed E-state index contributed by atoms with van der Waals surface area (Å²) in [5.74, 6) is 0.297. The summed E-state index contributed by atoms with van der Waals surface area (Å²) in [5.41, 5.74) is 1.78. The van der Waals surface area contributed by atoms with E-state index in [2.05, 4.69) is 27.3 Å². The lowest BCUT2D eigenvalue weighted by molar-refractivity contribution is 0.424. The van der Waals surface area contributed by atoms with Gasteiger partial charge in [0.1, 0.15) is 11.5 Å². The highest BCUT2D eigenvalue weighted by molar-refractivity contribution is 5.79. The quantitative estimate of drug-likeness (QED) is 0.307. The lowest BCUT2D eigenvalue weighted by atomic mass is 10.0. The summed E-state index contributed by atoms with van der Waals surface area (Å²) in [4.78, 5) is 18.3. The van der Waals surface area contributed by atoms with Crippen LogP contribution in [0.2, 0.25) is 0 Å². The van der Waals surface area contributed by atoms with E-state index in [9.17, 15) is 9.90 Å². The average molecular weight is 486 g/mol. The highest BCUT2D eigenvalue weighted by Gasteiger charge is 2.26. The molecule has 1 unspecified atom stereocenters. The third-order valence-electron chi connectivity index (χ3n) is 6.26. The van der Waals surface area contributed by atoms with E-state index >= 15 is 0 Å². The van der Waals surface area contributed by atoms with Crippen molar-refractivity contribution in [1.82, 2.24) is 24.9 Å². The topological polar surface area (TPSA) is 120 Å². The lowest BCUT2D eigenvalue weighted by Crippen LogP contribution is -2.31. The van der Waals surface area contributed by atoms with Crippen LogP contribution in [-0.2, 0) is 12.8 Å². The molecule has 1 atom stereocenters. The van der Waals surface area contributed by atoms with Gasteiger partial charge in [0.2, 0.25) is 11.8 Å². The number of benzene rings is 2. The zero-order chi connectivity index (χ0) is 25.1. The number of nitrogens with zero attached hydrogens (tertiary/aromatic N) is 5. The van der Waals surface area contributed by atoms with E-state index in [0.29, 0.717) is 29.9 Å². The van der Waals surface area contributed by atoms with Crippen LogP contribution in [-0.4, -0.2) is 30.0 Å². The predicted molar refractivity (Wildman–Crippen MR) is 134 cm³/mol. The highest BCUT2D eigenvalue weighted by Crippen LogP contribution is 2.29. The molecule has 2 aromatic carbocycles. The molecular weight excluding hydrogens is 458 g/mol. The molecule has 0 aliphatic heterocycles. The van der Waals surface area contributed by atoms with Crippen LogP contribution >= 0.6 is 0 Å². The van der Waals surface area contributed by atoms with E-state index < -0.39 is 11.4 Å². The van der Waals surface area contributed by atoms with Crippen LogP contribution in [0.3, 0.4) is 0 Å². The molecule has 36 heavy (non-hydrogen) atoms. The van der Waals surface area contributed by atoms with Crippen molar-refractivity contribution in [2.24, 2.45) is 0 Å². The number of rotatable bonds is 9. The standard InChI is InChI=1S/C27H27N5O4/c1-3-5-15-22-28-25(33)24(27(34)32(22)20(4-2)17-11-7-6-8-12-17)26-30-29-23(35-26)16-19-18-13-9-10-14-21(18)36-31-19/h6-14,20,33H,3-5,15-16H2,1-2H3. The van der Waals surface area contributed by atoms with Gasteiger partial charge < -0.3 is 14.0 Å². The van der Waals surface area contributed by atoms with Crippen LogP contribution in [0.5, 0.6) is 5.88 Å². The van der Waals surface area contributed by atoms with Gasteiger partial charge in [-0.25, -0.2) is 0 Å². The maximum atomic E-state index is 13.9. The highest BCUT2D eigenvalue weighted by atomic mass is 16.5. The molecule has 1 N–H and O–H groups in total. The minimum atomic E-state index is -0.411. The number of fused-ring (bicyclic) bond motifs is 1. The number of para-hydroxylation sites is 1. The average Bonchev–Trinajstić information content (AvgIpc) is 3.53. The van der Waals surface area contributed by atoms with E-state index in [4.69, 9.17) is 8.94 Å². The van der Waals surface area contributed by atoms with Gasteiger partial charge in [0.05, 0.1) is 12.5 Å². The van der Waals surface area contributed by atoms with E-state index in [1.165, 1.54) is 0 Å². The van der Waals surface area contributed by atoms with Crippen molar-refractivity contribution < 1.29 is 14.0 Å². The first-order valence-corrected chi connectivity index (χ1v) is 12.2. The summed E-state index contributed by atoms with van der Waals surface area (Å²) in [7, 11) is 0. The zero-order valence-corrected chi connectivity index (χ0v) is 20.2. The summed E-state index contributed by atoms with van der Waals surface area (Å²) in [6, 6.07) is 17.1. The molecule has 0 aliphatic rings. The van der Waals surface area contributed by atoms with E-state index in [0.717, 1.165) is 23.8 Å². The summed E-state index contributed by atoms with van der Waals surface area (Å²) < 4.78 is 12.8. The number of hydrogen-bond acceptors (Lipinski definition) is 8. The molecule has 9 heteroatoms. The van der Waals surface area contributed by atoms with E-state index in [-0.39, 0.29) is 29.8 Å². The van der Waals surface area contributed by atoms with Gasteiger partial charge in [-0.15, -0.1) is 10.2 Å². The Balaban J connectivity index is 1.57. The Morgan fingerprint density at radius 2 is 1.81 bits per heavy atom. The summed E-state index contributed by atoms with van der Waals surface area (Å²) in [5, 5.41) is 23.9. The fourth-order valence-corrected chi connectivity index (χ4v) is 4.46. The Labute approximate surface area is 207 Å². The first kappa shape index (κ1) is 23.5.